The minimum atomic E-state index is -0.386. The Balaban J connectivity index is 1.91. The van der Waals surface area contributed by atoms with Crippen molar-refractivity contribution in [3.63, 3.8) is 0 Å². The standard InChI is InChI=1S/C19H17ClN2O3/c1-10(2)25-19(24)12-4-6-13(7-5-12)21-17-14-8-9-15(20)11(3)16(14)22-18(17)23/h4-10H,1-3H3,(H,21,22,23). The van der Waals surface area contributed by atoms with Crippen LogP contribution in [-0.2, 0) is 9.53 Å². The average Bonchev–Trinajstić information content (AvgIpc) is 2.88. The second-order valence-electron chi connectivity index (χ2n) is 6.01. The number of aliphatic imine (C=N–C) groups is 1. The van der Waals surface area contributed by atoms with E-state index in [1.807, 2.05) is 6.92 Å². The fourth-order valence-electron chi connectivity index (χ4n) is 2.53. The summed E-state index contributed by atoms with van der Waals surface area (Å²) in [6.07, 6.45) is -0.179. The van der Waals surface area contributed by atoms with Gasteiger partial charge in [-0.15, -0.1) is 0 Å². The summed E-state index contributed by atoms with van der Waals surface area (Å²) in [5.41, 5.74) is 3.56. The predicted octanol–water partition coefficient (Wildman–Crippen LogP) is 4.29. The summed E-state index contributed by atoms with van der Waals surface area (Å²) < 4.78 is 5.15. The van der Waals surface area contributed by atoms with Gasteiger partial charge in [0.25, 0.3) is 5.91 Å². The van der Waals surface area contributed by atoms with Gasteiger partial charge in [0, 0.05) is 10.6 Å². The van der Waals surface area contributed by atoms with Crippen LogP contribution in [0.5, 0.6) is 0 Å². The Labute approximate surface area is 150 Å². The molecule has 0 atom stereocenters. The van der Waals surface area contributed by atoms with Crippen molar-refractivity contribution in [2.45, 2.75) is 26.9 Å². The summed E-state index contributed by atoms with van der Waals surface area (Å²) in [5, 5.41) is 3.39. The molecule has 0 bridgehead atoms. The van der Waals surface area contributed by atoms with E-state index in [0.29, 0.717) is 27.7 Å². The van der Waals surface area contributed by atoms with Crippen LogP contribution in [0, 0.1) is 6.92 Å². The fraction of sp³-hybridized carbons (Fsp3) is 0.211. The van der Waals surface area contributed by atoms with Gasteiger partial charge >= 0.3 is 5.97 Å². The monoisotopic (exact) mass is 356 g/mol. The van der Waals surface area contributed by atoms with Gasteiger partial charge in [-0.1, -0.05) is 11.6 Å². The molecule has 0 aromatic heterocycles. The molecule has 0 saturated carbocycles. The van der Waals surface area contributed by atoms with E-state index in [1.54, 1.807) is 50.2 Å². The van der Waals surface area contributed by atoms with E-state index in [9.17, 15) is 9.59 Å². The van der Waals surface area contributed by atoms with E-state index in [2.05, 4.69) is 10.3 Å². The lowest BCUT2D eigenvalue weighted by Gasteiger charge is -2.07. The smallest absolute Gasteiger partial charge is 0.338 e. The van der Waals surface area contributed by atoms with Gasteiger partial charge in [0.15, 0.2) is 0 Å². The largest absolute Gasteiger partial charge is 0.459 e. The third-order valence-electron chi connectivity index (χ3n) is 3.79. The van der Waals surface area contributed by atoms with Crippen LogP contribution in [0.1, 0.15) is 35.3 Å². The minimum Gasteiger partial charge on any atom is -0.459 e. The van der Waals surface area contributed by atoms with Crippen molar-refractivity contribution in [2.24, 2.45) is 4.99 Å². The second-order valence-corrected chi connectivity index (χ2v) is 6.42. The zero-order chi connectivity index (χ0) is 18.1. The summed E-state index contributed by atoms with van der Waals surface area (Å²) in [7, 11) is 0. The normalized spacial score (nSPS) is 14.6. The summed E-state index contributed by atoms with van der Waals surface area (Å²) in [6, 6.07) is 10.1. The molecule has 25 heavy (non-hydrogen) atoms. The molecular formula is C19H17ClN2O3. The van der Waals surface area contributed by atoms with Crippen LogP contribution in [-0.4, -0.2) is 23.7 Å². The van der Waals surface area contributed by atoms with Crippen LogP contribution in [0.15, 0.2) is 41.4 Å². The molecule has 128 valence electrons. The number of rotatable bonds is 3. The number of carbonyl (C=O) groups is 2. The molecule has 0 spiro atoms. The zero-order valence-corrected chi connectivity index (χ0v) is 14.8. The van der Waals surface area contributed by atoms with Crippen molar-refractivity contribution in [2.75, 3.05) is 5.32 Å². The van der Waals surface area contributed by atoms with E-state index in [-0.39, 0.29) is 18.0 Å². The van der Waals surface area contributed by atoms with Crippen LogP contribution in [0.3, 0.4) is 0 Å². The second kappa shape index (κ2) is 6.69. The van der Waals surface area contributed by atoms with Crippen molar-refractivity contribution >= 4 is 40.6 Å². The third kappa shape index (κ3) is 3.42. The Kier molecular flexibility index (Phi) is 4.59. The molecular weight excluding hydrogens is 340 g/mol. The highest BCUT2D eigenvalue weighted by atomic mass is 35.5. The number of ether oxygens (including phenoxy) is 1. The Hall–Kier alpha value is -2.66. The number of nitrogens with zero attached hydrogens (tertiary/aromatic N) is 1. The quantitative estimate of drug-likeness (QED) is 0.834. The number of fused-ring (bicyclic) bond motifs is 1. The topological polar surface area (TPSA) is 67.8 Å². The number of anilines is 1. The molecule has 3 rings (SSSR count). The highest BCUT2D eigenvalue weighted by Gasteiger charge is 2.28. The number of benzene rings is 2. The van der Waals surface area contributed by atoms with Crippen LogP contribution in [0.25, 0.3) is 0 Å². The average molecular weight is 357 g/mol. The van der Waals surface area contributed by atoms with Crippen molar-refractivity contribution in [1.29, 1.82) is 0 Å². The van der Waals surface area contributed by atoms with Gasteiger partial charge in [0.1, 0.15) is 5.71 Å². The van der Waals surface area contributed by atoms with Crippen LogP contribution < -0.4 is 5.32 Å². The molecule has 2 aromatic rings. The van der Waals surface area contributed by atoms with E-state index in [0.717, 1.165) is 11.1 Å². The maximum atomic E-state index is 12.2. The van der Waals surface area contributed by atoms with E-state index >= 15 is 0 Å². The molecule has 5 nitrogen and oxygen atoms in total. The molecule has 0 saturated heterocycles. The molecule has 6 heteroatoms. The number of carbonyl (C=O) groups excluding carboxylic acids is 2. The van der Waals surface area contributed by atoms with Gasteiger partial charge in [-0.05, 0) is 62.7 Å². The highest BCUT2D eigenvalue weighted by molar-refractivity contribution is 6.54. The van der Waals surface area contributed by atoms with Crippen molar-refractivity contribution in [1.82, 2.24) is 0 Å². The first-order valence-corrected chi connectivity index (χ1v) is 8.25. The van der Waals surface area contributed by atoms with E-state index < -0.39 is 0 Å². The molecule has 0 unspecified atom stereocenters. The summed E-state index contributed by atoms with van der Waals surface area (Å²) in [5.74, 6) is -0.660. The molecule has 0 radical (unpaired) electrons. The minimum absolute atomic E-state index is 0.179. The first-order chi connectivity index (χ1) is 11.9. The maximum absolute atomic E-state index is 12.2. The SMILES string of the molecule is Cc1c(Cl)ccc2c1NC(=O)C2=Nc1ccc(C(=O)OC(C)C)cc1. The molecule has 0 fully saturated rings. The Bertz CT molecular complexity index is 886. The maximum Gasteiger partial charge on any atom is 0.338 e. The van der Waals surface area contributed by atoms with Crippen LogP contribution in [0.4, 0.5) is 11.4 Å². The lowest BCUT2D eigenvalue weighted by atomic mass is 10.1. The first kappa shape index (κ1) is 17.2. The van der Waals surface area contributed by atoms with Gasteiger partial charge in [0.2, 0.25) is 0 Å². The fourth-order valence-corrected chi connectivity index (χ4v) is 2.69. The molecule has 1 amide bonds. The van der Waals surface area contributed by atoms with Gasteiger partial charge in [-0.2, -0.15) is 0 Å². The Morgan fingerprint density at radius 1 is 1.16 bits per heavy atom. The number of halogens is 1. The number of esters is 1. The molecule has 1 aliphatic heterocycles. The Morgan fingerprint density at radius 3 is 2.48 bits per heavy atom. The van der Waals surface area contributed by atoms with Gasteiger partial charge < -0.3 is 10.1 Å². The van der Waals surface area contributed by atoms with Crippen molar-refractivity contribution in [3.8, 4) is 0 Å². The lowest BCUT2D eigenvalue weighted by Crippen LogP contribution is -2.14. The van der Waals surface area contributed by atoms with Crippen molar-refractivity contribution in [3.05, 3.63) is 58.1 Å². The van der Waals surface area contributed by atoms with E-state index in [4.69, 9.17) is 16.3 Å². The predicted molar refractivity (Wildman–Crippen MR) is 98.0 cm³/mol. The van der Waals surface area contributed by atoms with Gasteiger partial charge in [-0.25, -0.2) is 9.79 Å². The summed E-state index contributed by atoms with van der Waals surface area (Å²) in [6.45, 7) is 5.44. The first-order valence-electron chi connectivity index (χ1n) is 7.87. The lowest BCUT2D eigenvalue weighted by molar-refractivity contribution is -0.110. The summed E-state index contributed by atoms with van der Waals surface area (Å²) in [4.78, 5) is 28.5. The summed E-state index contributed by atoms with van der Waals surface area (Å²) >= 11 is 6.10. The van der Waals surface area contributed by atoms with Gasteiger partial charge in [-0.3, -0.25) is 4.79 Å². The van der Waals surface area contributed by atoms with Crippen molar-refractivity contribution < 1.29 is 14.3 Å². The Morgan fingerprint density at radius 2 is 1.84 bits per heavy atom. The number of nitrogens with one attached hydrogen (secondary N) is 1. The van der Waals surface area contributed by atoms with Crippen LogP contribution >= 0.6 is 11.6 Å². The highest BCUT2D eigenvalue weighted by Crippen LogP contribution is 2.33. The number of hydrogen-bond donors (Lipinski definition) is 1. The molecule has 0 aliphatic carbocycles. The number of hydrogen-bond acceptors (Lipinski definition) is 4. The van der Waals surface area contributed by atoms with Crippen LogP contribution in [0.2, 0.25) is 5.02 Å². The molecule has 2 aromatic carbocycles. The molecule has 1 aliphatic rings. The zero-order valence-electron chi connectivity index (χ0n) is 14.1. The molecule has 1 heterocycles. The molecule has 1 N–H and O–H groups in total. The van der Waals surface area contributed by atoms with Gasteiger partial charge in [0.05, 0.1) is 23.0 Å². The number of amides is 1. The van der Waals surface area contributed by atoms with E-state index in [1.165, 1.54) is 0 Å². The third-order valence-corrected chi connectivity index (χ3v) is 4.20.